The zero-order valence-corrected chi connectivity index (χ0v) is 16.4. The Morgan fingerprint density at radius 2 is 1.72 bits per heavy atom. The molecule has 146 valence electrons. The Morgan fingerprint density at radius 3 is 2.28 bits per heavy atom. The Hall–Kier alpha value is -3.85. The van der Waals surface area contributed by atoms with Gasteiger partial charge in [0.2, 0.25) is 0 Å². The van der Waals surface area contributed by atoms with Crippen molar-refractivity contribution in [3.8, 4) is 6.07 Å². The molecule has 0 atom stereocenters. The maximum absolute atomic E-state index is 12.5. The van der Waals surface area contributed by atoms with Gasteiger partial charge in [-0.15, -0.1) is 0 Å². The zero-order chi connectivity index (χ0) is 21.0. The summed E-state index contributed by atoms with van der Waals surface area (Å²) in [6.45, 7) is 5.84. The predicted molar refractivity (Wildman–Crippen MR) is 110 cm³/mol. The zero-order valence-electron chi connectivity index (χ0n) is 16.4. The van der Waals surface area contributed by atoms with Crippen LogP contribution in [-0.4, -0.2) is 16.2 Å². The molecule has 0 aliphatic heterocycles. The van der Waals surface area contributed by atoms with Gasteiger partial charge < -0.3 is 14.9 Å². The summed E-state index contributed by atoms with van der Waals surface area (Å²) in [6, 6.07) is 19.3. The fourth-order valence-electron chi connectivity index (χ4n) is 3.06. The number of carbonyl (C=O) groups excluding carboxylic acids is 1. The lowest BCUT2D eigenvalue weighted by Gasteiger charge is -2.26. The Balaban J connectivity index is 1.82. The van der Waals surface area contributed by atoms with Gasteiger partial charge in [-0.2, -0.15) is 5.26 Å². The first-order valence-corrected chi connectivity index (χ1v) is 9.07. The minimum Gasteiger partial charge on any atom is -0.506 e. The maximum atomic E-state index is 12.5. The number of nitrogens with zero attached hydrogens (tertiary/aromatic N) is 2. The molecule has 0 saturated heterocycles. The minimum atomic E-state index is -0.708. The van der Waals surface area contributed by atoms with Crippen LogP contribution >= 0.6 is 0 Å². The highest BCUT2D eigenvalue weighted by Crippen LogP contribution is 2.32. The summed E-state index contributed by atoms with van der Waals surface area (Å²) in [5.41, 5.74) is 2.37. The highest BCUT2D eigenvalue weighted by atomic mass is 16.5. The van der Waals surface area contributed by atoms with E-state index in [1.807, 2.05) is 30.3 Å². The molecule has 0 aliphatic rings. The van der Waals surface area contributed by atoms with Gasteiger partial charge in [-0.05, 0) is 30.2 Å². The number of aromatic nitrogens is 1. The molecule has 29 heavy (non-hydrogen) atoms. The molecule has 3 aromatic rings. The number of aryl methyl sites for hydroxylation is 1. The largest absolute Gasteiger partial charge is 0.506 e. The van der Waals surface area contributed by atoms with Crippen LogP contribution in [0.4, 0.5) is 5.69 Å². The fourth-order valence-corrected chi connectivity index (χ4v) is 3.06. The van der Waals surface area contributed by atoms with Crippen LogP contribution in [0.2, 0.25) is 0 Å². The molecule has 0 fully saturated rings. The quantitative estimate of drug-likeness (QED) is 0.374. The minimum absolute atomic E-state index is 0.203. The lowest BCUT2D eigenvalue weighted by atomic mass is 9.78. The second-order valence-corrected chi connectivity index (χ2v) is 7.15. The summed E-state index contributed by atoms with van der Waals surface area (Å²) in [7, 11) is 0. The number of nitriles is 1. The van der Waals surface area contributed by atoms with E-state index in [1.54, 1.807) is 25.1 Å². The number of benzene rings is 2. The van der Waals surface area contributed by atoms with Crippen LogP contribution in [0.3, 0.4) is 0 Å². The molecule has 3 rings (SSSR count). The number of aliphatic hydroxyl groups is 1. The Morgan fingerprint density at radius 1 is 1.10 bits per heavy atom. The number of anilines is 1. The van der Waals surface area contributed by atoms with Crippen LogP contribution in [0.5, 0.6) is 0 Å². The Bertz CT molecular complexity index is 1090. The third-order valence-electron chi connectivity index (χ3n) is 4.94. The first-order chi connectivity index (χ1) is 13.8. The smallest absolute Gasteiger partial charge is 0.270 e. The maximum Gasteiger partial charge on any atom is 0.270 e. The van der Waals surface area contributed by atoms with Crippen LogP contribution in [-0.2, 0) is 10.2 Å². The molecule has 1 amide bonds. The molecule has 6 heteroatoms. The van der Waals surface area contributed by atoms with E-state index in [-0.39, 0.29) is 11.0 Å². The molecule has 1 heterocycles. The van der Waals surface area contributed by atoms with Crippen molar-refractivity contribution < 1.29 is 14.4 Å². The molecule has 2 N–H and O–H groups in total. The van der Waals surface area contributed by atoms with Crippen molar-refractivity contribution >= 4 is 17.4 Å². The molecule has 0 spiro atoms. The number of nitrogens with one attached hydrogen (secondary N) is 1. The van der Waals surface area contributed by atoms with Gasteiger partial charge in [0.1, 0.15) is 11.8 Å². The molecule has 2 aromatic carbocycles. The number of aliphatic hydroxyl groups excluding tert-OH is 1. The molecule has 0 aliphatic carbocycles. The van der Waals surface area contributed by atoms with E-state index in [0.717, 1.165) is 5.56 Å². The van der Waals surface area contributed by atoms with Gasteiger partial charge in [0.25, 0.3) is 5.91 Å². The molecule has 0 unspecified atom stereocenters. The number of rotatable bonds is 5. The van der Waals surface area contributed by atoms with Crippen LogP contribution < -0.4 is 5.32 Å². The summed E-state index contributed by atoms with van der Waals surface area (Å²) >= 11 is 0. The molecule has 1 aromatic heterocycles. The molecule has 0 saturated carbocycles. The average Bonchev–Trinajstić information content (AvgIpc) is 3.15. The van der Waals surface area contributed by atoms with Gasteiger partial charge in [0.15, 0.2) is 11.3 Å². The van der Waals surface area contributed by atoms with Crippen LogP contribution in [0, 0.1) is 18.3 Å². The van der Waals surface area contributed by atoms with E-state index in [2.05, 4.69) is 36.5 Å². The summed E-state index contributed by atoms with van der Waals surface area (Å²) in [5.74, 6) is -0.859. The topological polar surface area (TPSA) is 99.2 Å². The van der Waals surface area contributed by atoms with Crippen molar-refractivity contribution in [2.24, 2.45) is 0 Å². The van der Waals surface area contributed by atoms with E-state index in [1.165, 1.54) is 11.8 Å². The first-order valence-electron chi connectivity index (χ1n) is 9.07. The molecular formula is C23H21N3O3. The molecule has 0 bridgehead atoms. The molecule has 0 radical (unpaired) electrons. The molecular weight excluding hydrogens is 366 g/mol. The van der Waals surface area contributed by atoms with E-state index < -0.39 is 17.2 Å². The lowest BCUT2D eigenvalue weighted by Crippen LogP contribution is -2.19. The van der Waals surface area contributed by atoms with E-state index in [0.29, 0.717) is 11.4 Å². The van der Waals surface area contributed by atoms with Crippen LogP contribution in [0.1, 0.15) is 36.3 Å². The average molecular weight is 387 g/mol. The normalized spacial score (nSPS) is 12.1. The SMILES string of the molecule is Cc1oncc1/C(O)=C(\C#N)C(=O)Nc1ccc(C(C)(C)c2ccccc2)cc1. The highest BCUT2D eigenvalue weighted by molar-refractivity contribution is 6.11. The summed E-state index contributed by atoms with van der Waals surface area (Å²) in [6.07, 6.45) is 1.26. The number of carbonyl (C=O) groups is 1. The van der Waals surface area contributed by atoms with E-state index >= 15 is 0 Å². The monoisotopic (exact) mass is 387 g/mol. The lowest BCUT2D eigenvalue weighted by molar-refractivity contribution is -0.112. The van der Waals surface area contributed by atoms with Gasteiger partial charge in [-0.3, -0.25) is 4.79 Å². The second kappa shape index (κ2) is 8.03. The van der Waals surface area contributed by atoms with E-state index in [9.17, 15) is 15.2 Å². The van der Waals surface area contributed by atoms with Gasteiger partial charge >= 0.3 is 0 Å². The predicted octanol–water partition coefficient (Wildman–Crippen LogP) is 4.74. The fraction of sp³-hybridized carbons (Fsp3) is 0.174. The second-order valence-electron chi connectivity index (χ2n) is 7.15. The first kappa shape index (κ1) is 19.9. The highest BCUT2D eigenvalue weighted by Gasteiger charge is 2.23. The third-order valence-corrected chi connectivity index (χ3v) is 4.94. The van der Waals surface area contributed by atoms with Gasteiger partial charge in [0.05, 0.1) is 11.8 Å². The van der Waals surface area contributed by atoms with Crippen molar-refractivity contribution in [3.05, 3.63) is 88.8 Å². The van der Waals surface area contributed by atoms with Crippen molar-refractivity contribution in [1.29, 1.82) is 5.26 Å². The van der Waals surface area contributed by atoms with Crippen molar-refractivity contribution in [2.75, 3.05) is 5.32 Å². The number of hydrogen-bond donors (Lipinski definition) is 2. The van der Waals surface area contributed by atoms with Crippen molar-refractivity contribution in [3.63, 3.8) is 0 Å². The van der Waals surface area contributed by atoms with Gasteiger partial charge in [-0.25, -0.2) is 0 Å². The van der Waals surface area contributed by atoms with E-state index in [4.69, 9.17) is 4.52 Å². The number of amides is 1. The van der Waals surface area contributed by atoms with Crippen molar-refractivity contribution in [2.45, 2.75) is 26.2 Å². The molecule has 6 nitrogen and oxygen atoms in total. The van der Waals surface area contributed by atoms with Crippen molar-refractivity contribution in [1.82, 2.24) is 5.16 Å². The van der Waals surface area contributed by atoms with Gasteiger partial charge in [-0.1, -0.05) is 61.5 Å². The summed E-state index contributed by atoms with van der Waals surface area (Å²) in [4.78, 5) is 12.5. The standard InChI is InChI=1S/C23H21N3O3/c1-15-20(14-25-29-15)21(27)19(13-24)22(28)26-18-11-9-17(10-12-18)23(2,3)16-7-5-4-6-8-16/h4-12,14,27H,1-3H3,(H,26,28)/b21-19-. The van der Waals surface area contributed by atoms with Crippen LogP contribution in [0.25, 0.3) is 5.76 Å². The van der Waals surface area contributed by atoms with Crippen LogP contribution in [0.15, 0.2) is 70.9 Å². The summed E-state index contributed by atoms with van der Waals surface area (Å²) in [5, 5.41) is 25.8. The van der Waals surface area contributed by atoms with Gasteiger partial charge in [0, 0.05) is 11.1 Å². The Labute approximate surface area is 169 Å². The third kappa shape index (κ3) is 4.04. The Kier molecular flexibility index (Phi) is 5.51. The number of hydrogen-bond acceptors (Lipinski definition) is 5. The summed E-state index contributed by atoms with van der Waals surface area (Å²) < 4.78 is 4.87.